The molecule has 2 aromatic rings. The fraction of sp³-hybridized carbons (Fsp3) is 0.571. The van der Waals surface area contributed by atoms with Crippen LogP contribution in [0, 0.1) is 11.3 Å². The molecule has 2 fully saturated rings. The zero-order chi connectivity index (χ0) is 24.2. The molecule has 0 aromatic carbocycles. The Balaban J connectivity index is 1.63. The van der Waals surface area contributed by atoms with E-state index in [0.717, 1.165) is 6.42 Å². The van der Waals surface area contributed by atoms with Crippen molar-refractivity contribution in [1.82, 2.24) is 19.5 Å². The van der Waals surface area contributed by atoms with Crippen LogP contribution in [-0.4, -0.2) is 54.0 Å². The summed E-state index contributed by atoms with van der Waals surface area (Å²) in [5, 5.41) is 4.27. The predicted octanol–water partition coefficient (Wildman–Crippen LogP) is 2.84. The summed E-state index contributed by atoms with van der Waals surface area (Å²) in [7, 11) is 0. The van der Waals surface area contributed by atoms with Gasteiger partial charge >= 0.3 is 0 Å². The van der Waals surface area contributed by atoms with Crippen LogP contribution < -0.4 is 14.4 Å². The Hall–Kier alpha value is -2.60. The lowest BCUT2D eigenvalue weighted by atomic mass is 9.97. The van der Waals surface area contributed by atoms with Gasteiger partial charge in [-0.3, -0.25) is 13.7 Å². The molecule has 3 heterocycles. The van der Waals surface area contributed by atoms with Gasteiger partial charge in [0.15, 0.2) is 5.82 Å². The van der Waals surface area contributed by atoms with Crippen molar-refractivity contribution >= 4 is 23.0 Å². The van der Waals surface area contributed by atoms with Gasteiger partial charge in [-0.15, -0.1) is 5.10 Å². The Labute approximate surface area is 192 Å². The van der Waals surface area contributed by atoms with Crippen molar-refractivity contribution in [2.45, 2.75) is 52.0 Å². The maximum Gasteiger partial charge on any atom is 0.265 e. The first-order chi connectivity index (χ1) is 15.3. The fourth-order valence-corrected chi connectivity index (χ4v) is 4.65. The maximum absolute atomic E-state index is 13.4. The van der Waals surface area contributed by atoms with Crippen molar-refractivity contribution < 1.29 is 27.1 Å². The number of rotatable bonds is 7. The van der Waals surface area contributed by atoms with E-state index >= 15 is 0 Å². The molecule has 4 rings (SSSR count). The Morgan fingerprint density at radius 3 is 2.61 bits per heavy atom. The Kier molecular flexibility index (Phi) is 5.72. The van der Waals surface area contributed by atoms with E-state index < -0.39 is 28.5 Å². The quantitative estimate of drug-likeness (QED) is 0.604. The molecule has 3 unspecified atom stereocenters. The normalized spacial score (nSPS) is 26.2. The molecule has 2 aromatic heterocycles. The Morgan fingerprint density at radius 1 is 1.33 bits per heavy atom. The number of ether oxygens (including phenoxy) is 1. The highest BCUT2D eigenvalue weighted by atomic mass is 32.2. The van der Waals surface area contributed by atoms with Gasteiger partial charge in [0.05, 0.1) is 11.0 Å². The minimum absolute atomic E-state index is 0.123. The number of carbonyl (C=O) groups is 1. The second-order valence-corrected chi connectivity index (χ2v) is 10.4. The van der Waals surface area contributed by atoms with E-state index in [9.17, 15) is 22.3 Å². The van der Waals surface area contributed by atoms with E-state index in [0.29, 0.717) is 24.1 Å². The largest absolute Gasteiger partial charge is 0.755 e. The van der Waals surface area contributed by atoms with Crippen LogP contribution in [-0.2, 0) is 11.3 Å². The number of halogens is 2. The highest BCUT2D eigenvalue weighted by Gasteiger charge is 2.68. The molecule has 33 heavy (non-hydrogen) atoms. The lowest BCUT2D eigenvalue weighted by Crippen LogP contribution is -2.40. The Morgan fingerprint density at radius 2 is 2.03 bits per heavy atom. The standard InChI is InChI=1S/C21H27F2N5O4S/c1-13-9-19(2,3)27(10-13)17-14(18(29)26-33(30)31)5-6-15(24-17)28-8-7-16(25-28)32-12-20(4)11-21(20,22)23/h5-8,13H,9-12H2,1-4H3,(H,26,29)(H,30,31)/p-1. The lowest BCUT2D eigenvalue weighted by molar-refractivity contribution is 0.0490. The number of pyridine rings is 1. The zero-order valence-electron chi connectivity index (χ0n) is 18.8. The van der Waals surface area contributed by atoms with E-state index in [4.69, 9.17) is 4.74 Å². The summed E-state index contributed by atoms with van der Waals surface area (Å²) in [6.45, 7) is 8.12. The highest BCUT2D eigenvalue weighted by molar-refractivity contribution is 7.77. The van der Waals surface area contributed by atoms with E-state index in [2.05, 4.69) is 17.0 Å². The summed E-state index contributed by atoms with van der Waals surface area (Å²) in [5.74, 6) is -2.26. The highest BCUT2D eigenvalue weighted by Crippen LogP contribution is 2.60. The smallest absolute Gasteiger partial charge is 0.265 e. The van der Waals surface area contributed by atoms with Crippen molar-refractivity contribution in [3.63, 3.8) is 0 Å². The van der Waals surface area contributed by atoms with Gasteiger partial charge in [-0.1, -0.05) is 13.8 Å². The maximum atomic E-state index is 13.4. The summed E-state index contributed by atoms with van der Waals surface area (Å²) in [4.78, 5) is 19.2. The van der Waals surface area contributed by atoms with Crippen molar-refractivity contribution in [2.75, 3.05) is 18.1 Å². The number of hydrogen-bond donors (Lipinski definition) is 1. The number of nitrogens with zero attached hydrogens (tertiary/aromatic N) is 4. The molecule has 1 aliphatic heterocycles. The minimum Gasteiger partial charge on any atom is -0.755 e. The number of aromatic nitrogens is 3. The van der Waals surface area contributed by atoms with Crippen LogP contribution in [0.2, 0.25) is 0 Å². The topological polar surface area (TPSA) is 112 Å². The molecule has 12 heteroatoms. The number of anilines is 1. The van der Waals surface area contributed by atoms with Crippen LogP contribution in [0.15, 0.2) is 24.4 Å². The van der Waals surface area contributed by atoms with E-state index in [-0.39, 0.29) is 30.0 Å². The number of nitrogens with one attached hydrogen (secondary N) is 1. The molecule has 3 atom stereocenters. The third-order valence-electron chi connectivity index (χ3n) is 6.32. The van der Waals surface area contributed by atoms with Gasteiger partial charge in [0.2, 0.25) is 5.88 Å². The molecule has 0 spiro atoms. The van der Waals surface area contributed by atoms with Gasteiger partial charge in [0.25, 0.3) is 11.8 Å². The van der Waals surface area contributed by atoms with Crippen LogP contribution in [0.3, 0.4) is 0 Å². The summed E-state index contributed by atoms with van der Waals surface area (Å²) in [6.07, 6.45) is 2.24. The fourth-order valence-electron chi connectivity index (χ4n) is 4.39. The van der Waals surface area contributed by atoms with Crippen LogP contribution in [0.4, 0.5) is 14.6 Å². The van der Waals surface area contributed by atoms with E-state index in [1.807, 2.05) is 23.5 Å². The average Bonchev–Trinajstić information content (AvgIpc) is 3.04. The Bertz CT molecular complexity index is 1110. The SMILES string of the molecule is CC1CN(c2nc(-n3ccc(OCC4(C)CC4(F)F)n3)ccc2C(=O)NS(=O)[O-])C(C)(C)C1. The first-order valence-corrected chi connectivity index (χ1v) is 11.6. The van der Waals surface area contributed by atoms with Gasteiger partial charge in [0, 0.05) is 42.0 Å². The molecule has 1 N–H and O–H groups in total. The molecule has 1 saturated carbocycles. The molecular formula is C21H26F2N5O4S-. The molecule has 1 saturated heterocycles. The molecule has 180 valence electrons. The molecule has 0 radical (unpaired) electrons. The second-order valence-electron chi connectivity index (χ2n) is 9.77. The number of carbonyl (C=O) groups excluding carboxylic acids is 1. The van der Waals surface area contributed by atoms with Crippen molar-refractivity contribution in [1.29, 1.82) is 0 Å². The van der Waals surface area contributed by atoms with Gasteiger partial charge in [0.1, 0.15) is 12.4 Å². The van der Waals surface area contributed by atoms with Crippen LogP contribution >= 0.6 is 0 Å². The lowest BCUT2D eigenvalue weighted by Gasteiger charge is -2.34. The number of amides is 1. The van der Waals surface area contributed by atoms with Gasteiger partial charge in [-0.05, 0) is 38.3 Å². The average molecular weight is 483 g/mol. The summed E-state index contributed by atoms with van der Waals surface area (Å²) >= 11 is -2.76. The van der Waals surface area contributed by atoms with Crippen molar-refractivity contribution in [2.24, 2.45) is 11.3 Å². The number of hydrogen-bond acceptors (Lipinski definition) is 7. The molecule has 9 nitrogen and oxygen atoms in total. The zero-order valence-corrected chi connectivity index (χ0v) is 19.6. The first-order valence-electron chi connectivity index (χ1n) is 10.6. The summed E-state index contributed by atoms with van der Waals surface area (Å²) in [6, 6.07) is 4.58. The van der Waals surface area contributed by atoms with Gasteiger partial charge in [-0.2, -0.15) is 0 Å². The van der Waals surface area contributed by atoms with Crippen LogP contribution in [0.5, 0.6) is 5.88 Å². The van der Waals surface area contributed by atoms with Gasteiger partial charge in [-0.25, -0.2) is 18.4 Å². The van der Waals surface area contributed by atoms with E-state index in [1.165, 1.54) is 23.7 Å². The third-order valence-corrected chi connectivity index (χ3v) is 6.67. The monoisotopic (exact) mass is 482 g/mol. The van der Waals surface area contributed by atoms with E-state index in [1.54, 1.807) is 12.3 Å². The van der Waals surface area contributed by atoms with Crippen LogP contribution in [0.1, 0.15) is 50.9 Å². The molecule has 1 amide bonds. The van der Waals surface area contributed by atoms with Crippen molar-refractivity contribution in [3.05, 3.63) is 30.0 Å². The third kappa shape index (κ3) is 4.58. The second kappa shape index (κ2) is 8.01. The molecule has 1 aliphatic carbocycles. The summed E-state index contributed by atoms with van der Waals surface area (Å²) < 4.78 is 57.7. The number of alkyl halides is 2. The molecule has 0 bridgehead atoms. The molecule has 2 aliphatic rings. The van der Waals surface area contributed by atoms with Crippen molar-refractivity contribution in [3.8, 4) is 11.7 Å². The van der Waals surface area contributed by atoms with Crippen LogP contribution in [0.25, 0.3) is 5.82 Å². The minimum atomic E-state index is -2.76. The first kappa shape index (κ1) is 23.6. The molecular weight excluding hydrogens is 456 g/mol. The summed E-state index contributed by atoms with van der Waals surface area (Å²) in [5.41, 5.74) is -1.37. The van der Waals surface area contributed by atoms with Gasteiger partial charge < -0.3 is 14.2 Å². The predicted molar refractivity (Wildman–Crippen MR) is 116 cm³/mol.